The first-order valence-electron chi connectivity index (χ1n) is 7.32. The Morgan fingerprint density at radius 3 is 2.73 bits per heavy atom. The van der Waals surface area contributed by atoms with Crippen molar-refractivity contribution in [3.05, 3.63) is 65.2 Å². The molecule has 3 N–H and O–H groups in total. The Labute approximate surface area is 129 Å². The second kappa shape index (κ2) is 6.02. The Morgan fingerprint density at radius 2 is 1.95 bits per heavy atom. The highest BCUT2D eigenvalue weighted by Crippen LogP contribution is 2.25. The zero-order valence-electron chi connectivity index (χ0n) is 12.1. The first-order valence-corrected chi connectivity index (χ1v) is 7.32. The molecule has 22 heavy (non-hydrogen) atoms. The molecule has 0 spiro atoms. The van der Waals surface area contributed by atoms with Gasteiger partial charge in [0.25, 0.3) is 5.91 Å². The monoisotopic (exact) mass is 293 g/mol. The zero-order valence-corrected chi connectivity index (χ0v) is 12.1. The van der Waals surface area contributed by atoms with Gasteiger partial charge in [0.1, 0.15) is 0 Å². The van der Waals surface area contributed by atoms with Crippen molar-refractivity contribution in [3.63, 3.8) is 0 Å². The van der Waals surface area contributed by atoms with Gasteiger partial charge in [0.05, 0.1) is 0 Å². The number of aryl methyl sites for hydroxylation is 1. The lowest BCUT2D eigenvalue weighted by atomic mass is 9.83. The molecular weight excluding hydrogens is 276 g/mol. The van der Waals surface area contributed by atoms with E-state index in [2.05, 4.69) is 17.4 Å². The van der Waals surface area contributed by atoms with Crippen molar-refractivity contribution in [2.75, 3.05) is 5.73 Å². The van der Waals surface area contributed by atoms with E-state index in [0.29, 0.717) is 17.7 Å². The minimum Gasteiger partial charge on any atom is -0.399 e. The van der Waals surface area contributed by atoms with Crippen LogP contribution in [-0.2, 0) is 17.6 Å². The zero-order chi connectivity index (χ0) is 15.5. The Morgan fingerprint density at radius 1 is 1.18 bits per heavy atom. The van der Waals surface area contributed by atoms with Crippen molar-refractivity contribution >= 4 is 17.5 Å². The topological polar surface area (TPSA) is 72.2 Å². The minimum absolute atomic E-state index is 0.163. The van der Waals surface area contributed by atoms with E-state index in [9.17, 15) is 9.59 Å². The molecule has 2 aromatic rings. The quantitative estimate of drug-likeness (QED) is 0.658. The minimum atomic E-state index is -0.424. The molecule has 4 nitrogen and oxygen atoms in total. The number of imide groups is 1. The van der Waals surface area contributed by atoms with Gasteiger partial charge >= 0.3 is 0 Å². The maximum Gasteiger partial charge on any atom is 0.257 e. The van der Waals surface area contributed by atoms with E-state index in [0.717, 1.165) is 12.8 Å². The maximum atomic E-state index is 12.3. The van der Waals surface area contributed by atoms with Gasteiger partial charge in [-0.15, -0.1) is 0 Å². The van der Waals surface area contributed by atoms with Crippen LogP contribution in [0.4, 0.5) is 5.69 Å². The lowest BCUT2D eigenvalue weighted by Crippen LogP contribution is -2.38. The average Bonchev–Trinajstić information content (AvgIpc) is 2.54. The van der Waals surface area contributed by atoms with Crippen LogP contribution in [0.25, 0.3) is 0 Å². The molecule has 111 valence electrons. The highest BCUT2D eigenvalue weighted by Gasteiger charge is 2.25. The van der Waals surface area contributed by atoms with Gasteiger partial charge in [-0.05, 0) is 54.7 Å². The smallest absolute Gasteiger partial charge is 0.257 e. The number of benzene rings is 2. The van der Waals surface area contributed by atoms with E-state index >= 15 is 0 Å². The number of nitrogen functional groups attached to an aromatic ring is 1. The SMILES string of the molecule is Nc1c[c]cc(C(=O)NC(=O)C2CCc3ccccc3C2)c1. The molecule has 4 heteroatoms. The Bertz CT molecular complexity index is 725. The number of nitrogens with two attached hydrogens (primary N) is 1. The summed E-state index contributed by atoms with van der Waals surface area (Å²) in [6.07, 6.45) is 2.31. The van der Waals surface area contributed by atoms with E-state index in [1.165, 1.54) is 23.3 Å². The predicted octanol–water partition coefficient (Wildman–Crippen LogP) is 2.13. The molecule has 0 heterocycles. The van der Waals surface area contributed by atoms with E-state index in [4.69, 9.17) is 5.73 Å². The fourth-order valence-corrected chi connectivity index (χ4v) is 2.83. The van der Waals surface area contributed by atoms with Crippen molar-refractivity contribution in [1.29, 1.82) is 0 Å². The van der Waals surface area contributed by atoms with Crippen molar-refractivity contribution < 1.29 is 9.59 Å². The van der Waals surface area contributed by atoms with Crippen LogP contribution < -0.4 is 11.1 Å². The summed E-state index contributed by atoms with van der Waals surface area (Å²) in [7, 11) is 0. The van der Waals surface area contributed by atoms with Gasteiger partial charge < -0.3 is 5.73 Å². The number of anilines is 1. The molecule has 1 aliphatic rings. The van der Waals surface area contributed by atoms with Gasteiger partial charge in [-0.25, -0.2) is 0 Å². The highest BCUT2D eigenvalue weighted by molar-refractivity contribution is 6.05. The first kappa shape index (κ1) is 14.3. The van der Waals surface area contributed by atoms with Crippen molar-refractivity contribution in [3.8, 4) is 0 Å². The normalized spacial score (nSPS) is 16.6. The number of hydrogen-bond acceptors (Lipinski definition) is 3. The molecule has 2 amide bonds. The third kappa shape index (κ3) is 3.01. The van der Waals surface area contributed by atoms with Crippen molar-refractivity contribution in [2.24, 2.45) is 5.92 Å². The summed E-state index contributed by atoms with van der Waals surface area (Å²) in [5.74, 6) is -0.807. The summed E-state index contributed by atoms with van der Waals surface area (Å²) in [5, 5.41) is 2.47. The van der Waals surface area contributed by atoms with E-state index < -0.39 is 5.91 Å². The molecule has 0 saturated carbocycles. The summed E-state index contributed by atoms with van der Waals surface area (Å²) in [6.45, 7) is 0. The van der Waals surface area contributed by atoms with Crippen LogP contribution in [0.2, 0.25) is 0 Å². The van der Waals surface area contributed by atoms with Crippen LogP contribution in [0.3, 0.4) is 0 Å². The molecule has 1 aliphatic carbocycles. The Kier molecular flexibility index (Phi) is 3.92. The Balaban J connectivity index is 1.67. The molecule has 3 rings (SSSR count). The third-order valence-electron chi connectivity index (χ3n) is 4.03. The number of amides is 2. The van der Waals surface area contributed by atoms with Crippen LogP contribution in [0.1, 0.15) is 27.9 Å². The van der Waals surface area contributed by atoms with Gasteiger partial charge in [0.15, 0.2) is 0 Å². The standard InChI is InChI=1S/C18H17N2O2/c19-16-7-3-6-14(11-16)17(21)20-18(22)15-9-8-12-4-1-2-5-13(12)10-15/h1-2,4-7,11,15H,8-10,19H2,(H,20,21,22). The number of carbonyl (C=O) groups excluding carboxylic acids is 2. The molecule has 0 bridgehead atoms. The number of hydrogen-bond donors (Lipinski definition) is 2. The molecule has 0 aromatic heterocycles. The molecule has 0 fully saturated rings. The highest BCUT2D eigenvalue weighted by atomic mass is 16.2. The van der Waals surface area contributed by atoms with Gasteiger partial charge in [0, 0.05) is 17.2 Å². The summed E-state index contributed by atoms with van der Waals surface area (Å²) >= 11 is 0. The van der Waals surface area contributed by atoms with Crippen molar-refractivity contribution in [2.45, 2.75) is 19.3 Å². The first-order chi connectivity index (χ1) is 10.6. The predicted molar refractivity (Wildman–Crippen MR) is 84.1 cm³/mol. The second-order valence-electron chi connectivity index (χ2n) is 5.58. The van der Waals surface area contributed by atoms with Crippen LogP contribution in [-0.4, -0.2) is 11.8 Å². The molecular formula is C18H17N2O2. The van der Waals surface area contributed by atoms with E-state index in [1.807, 2.05) is 18.2 Å². The summed E-state index contributed by atoms with van der Waals surface area (Å²) in [4.78, 5) is 24.4. The molecule has 1 radical (unpaired) electrons. The number of nitrogens with one attached hydrogen (secondary N) is 1. The number of fused-ring (bicyclic) bond motifs is 1. The fraction of sp³-hybridized carbons (Fsp3) is 0.222. The maximum absolute atomic E-state index is 12.3. The average molecular weight is 293 g/mol. The van der Waals surface area contributed by atoms with Crippen LogP contribution in [0, 0.1) is 12.0 Å². The van der Waals surface area contributed by atoms with Crippen LogP contribution in [0.5, 0.6) is 0 Å². The lowest BCUT2D eigenvalue weighted by Gasteiger charge is -2.23. The van der Waals surface area contributed by atoms with E-state index in [1.54, 1.807) is 6.07 Å². The van der Waals surface area contributed by atoms with Crippen LogP contribution in [0.15, 0.2) is 42.5 Å². The molecule has 0 saturated heterocycles. The van der Waals surface area contributed by atoms with Gasteiger partial charge in [-0.3, -0.25) is 14.9 Å². The van der Waals surface area contributed by atoms with Crippen LogP contribution >= 0.6 is 0 Å². The Hall–Kier alpha value is -2.62. The largest absolute Gasteiger partial charge is 0.399 e. The van der Waals surface area contributed by atoms with Gasteiger partial charge in [0.2, 0.25) is 5.91 Å². The van der Waals surface area contributed by atoms with E-state index in [-0.39, 0.29) is 11.8 Å². The van der Waals surface area contributed by atoms with Crippen molar-refractivity contribution in [1.82, 2.24) is 5.32 Å². The molecule has 1 atom stereocenters. The summed E-state index contributed by atoms with van der Waals surface area (Å²) in [5.41, 5.74) is 8.92. The third-order valence-corrected chi connectivity index (χ3v) is 4.03. The molecule has 0 aliphatic heterocycles. The fourth-order valence-electron chi connectivity index (χ4n) is 2.83. The summed E-state index contributed by atoms with van der Waals surface area (Å²) in [6, 6.07) is 15.6. The van der Waals surface area contributed by atoms with Gasteiger partial charge in [-0.2, -0.15) is 0 Å². The number of carbonyl (C=O) groups is 2. The second-order valence-corrected chi connectivity index (χ2v) is 5.58. The summed E-state index contributed by atoms with van der Waals surface area (Å²) < 4.78 is 0. The molecule has 2 aromatic carbocycles. The van der Waals surface area contributed by atoms with Gasteiger partial charge in [-0.1, -0.05) is 24.3 Å². The lowest BCUT2D eigenvalue weighted by molar-refractivity contribution is -0.124. The number of rotatable bonds is 2. The molecule has 1 unspecified atom stereocenters.